The van der Waals surface area contributed by atoms with E-state index in [1.165, 1.54) is 32.1 Å². The number of benzene rings is 1. The van der Waals surface area contributed by atoms with Gasteiger partial charge in [-0.05, 0) is 49.8 Å². The van der Waals surface area contributed by atoms with E-state index in [2.05, 4.69) is 12.2 Å². The van der Waals surface area contributed by atoms with Crippen LogP contribution in [0.5, 0.6) is 0 Å². The van der Waals surface area contributed by atoms with Crippen LogP contribution in [0.25, 0.3) is 0 Å². The van der Waals surface area contributed by atoms with E-state index in [9.17, 15) is 0 Å². The Kier molecular flexibility index (Phi) is 4.58. The maximum atomic E-state index is 5.99. The monoisotopic (exact) mass is 271 g/mol. The van der Waals surface area contributed by atoms with Crippen molar-refractivity contribution in [2.75, 3.05) is 5.32 Å². The zero-order chi connectivity index (χ0) is 12.3. The van der Waals surface area contributed by atoms with Gasteiger partial charge in [-0.15, -0.1) is 0 Å². The first kappa shape index (κ1) is 13.0. The summed E-state index contributed by atoms with van der Waals surface area (Å²) in [5.74, 6) is 0.927. The number of anilines is 1. The van der Waals surface area contributed by atoms with Crippen molar-refractivity contribution < 1.29 is 0 Å². The fourth-order valence-corrected chi connectivity index (χ4v) is 3.11. The van der Waals surface area contributed by atoms with Crippen molar-refractivity contribution in [3.05, 3.63) is 28.2 Å². The lowest BCUT2D eigenvalue weighted by Gasteiger charge is -2.29. The van der Waals surface area contributed by atoms with Crippen molar-refractivity contribution in [2.24, 2.45) is 5.92 Å². The average molecular weight is 272 g/mol. The SMILES string of the molecule is CCC1CCC(Nc2cc(Cl)cc(Cl)c2)CC1. The smallest absolute Gasteiger partial charge is 0.0441 e. The van der Waals surface area contributed by atoms with Gasteiger partial charge >= 0.3 is 0 Å². The van der Waals surface area contributed by atoms with Crippen LogP contribution >= 0.6 is 23.2 Å². The van der Waals surface area contributed by atoms with E-state index in [1.807, 2.05) is 12.1 Å². The minimum absolute atomic E-state index is 0.576. The molecule has 1 nitrogen and oxygen atoms in total. The molecule has 1 aliphatic rings. The van der Waals surface area contributed by atoms with Gasteiger partial charge < -0.3 is 5.32 Å². The van der Waals surface area contributed by atoms with Crippen LogP contribution in [-0.2, 0) is 0 Å². The Labute approximate surface area is 114 Å². The van der Waals surface area contributed by atoms with Crippen molar-refractivity contribution in [2.45, 2.75) is 45.1 Å². The molecule has 1 aliphatic carbocycles. The lowest BCUT2D eigenvalue weighted by Crippen LogP contribution is -2.25. The maximum Gasteiger partial charge on any atom is 0.0441 e. The molecule has 0 amide bonds. The van der Waals surface area contributed by atoms with Gasteiger partial charge in [0, 0.05) is 21.8 Å². The highest BCUT2D eigenvalue weighted by Gasteiger charge is 2.19. The third-order valence-corrected chi connectivity index (χ3v) is 4.09. The van der Waals surface area contributed by atoms with Crippen LogP contribution in [0.3, 0.4) is 0 Å². The molecule has 0 aromatic heterocycles. The van der Waals surface area contributed by atoms with Crippen LogP contribution < -0.4 is 5.32 Å². The number of hydrogen-bond acceptors (Lipinski definition) is 1. The molecule has 0 radical (unpaired) electrons. The molecule has 1 fully saturated rings. The molecule has 0 heterocycles. The first-order valence-electron chi connectivity index (χ1n) is 6.40. The first-order chi connectivity index (χ1) is 8.17. The lowest BCUT2D eigenvalue weighted by atomic mass is 9.84. The molecule has 1 N–H and O–H groups in total. The Bertz CT molecular complexity index is 350. The van der Waals surface area contributed by atoms with Crippen molar-refractivity contribution >= 4 is 28.9 Å². The standard InChI is InChI=1S/C14H19Cl2N/c1-2-10-3-5-13(6-4-10)17-14-8-11(15)7-12(16)9-14/h7-10,13,17H,2-6H2,1H3. The molecule has 1 saturated carbocycles. The molecule has 1 aromatic carbocycles. The van der Waals surface area contributed by atoms with Crippen molar-refractivity contribution in [1.82, 2.24) is 0 Å². The summed E-state index contributed by atoms with van der Waals surface area (Å²) < 4.78 is 0. The Morgan fingerprint density at radius 1 is 1.06 bits per heavy atom. The number of rotatable bonds is 3. The topological polar surface area (TPSA) is 12.0 Å². The zero-order valence-corrected chi connectivity index (χ0v) is 11.7. The van der Waals surface area contributed by atoms with E-state index >= 15 is 0 Å². The predicted octanol–water partition coefficient (Wildman–Crippen LogP) is 5.37. The van der Waals surface area contributed by atoms with Crippen molar-refractivity contribution in [3.63, 3.8) is 0 Å². The van der Waals surface area contributed by atoms with Gasteiger partial charge in [-0.25, -0.2) is 0 Å². The van der Waals surface area contributed by atoms with Crippen molar-refractivity contribution in [1.29, 1.82) is 0 Å². The third kappa shape index (κ3) is 3.79. The molecule has 94 valence electrons. The summed E-state index contributed by atoms with van der Waals surface area (Å²) in [6.07, 6.45) is 6.49. The zero-order valence-electron chi connectivity index (χ0n) is 10.2. The van der Waals surface area contributed by atoms with E-state index < -0.39 is 0 Å². The summed E-state index contributed by atoms with van der Waals surface area (Å²) in [6.45, 7) is 2.29. The van der Waals surface area contributed by atoms with Gasteiger partial charge in [0.2, 0.25) is 0 Å². The van der Waals surface area contributed by atoms with E-state index in [4.69, 9.17) is 23.2 Å². The summed E-state index contributed by atoms with van der Waals surface area (Å²) in [5.41, 5.74) is 1.04. The van der Waals surface area contributed by atoms with E-state index in [0.29, 0.717) is 16.1 Å². The molecule has 17 heavy (non-hydrogen) atoms. The number of hydrogen-bond donors (Lipinski definition) is 1. The van der Waals surface area contributed by atoms with Crippen LogP contribution in [0.4, 0.5) is 5.69 Å². The average Bonchev–Trinajstić information content (AvgIpc) is 2.28. The summed E-state index contributed by atoms with van der Waals surface area (Å²) in [6, 6.07) is 6.23. The Hall–Kier alpha value is -0.400. The quantitative estimate of drug-likeness (QED) is 0.779. The Balaban J connectivity index is 1.93. The normalized spacial score (nSPS) is 24.6. The van der Waals surface area contributed by atoms with Gasteiger partial charge in [-0.1, -0.05) is 36.5 Å². The summed E-state index contributed by atoms with van der Waals surface area (Å²) in [7, 11) is 0. The van der Waals surface area contributed by atoms with Gasteiger partial charge in [0.15, 0.2) is 0 Å². The molecular formula is C14H19Cl2N. The van der Waals surface area contributed by atoms with Gasteiger partial charge in [0.25, 0.3) is 0 Å². The summed E-state index contributed by atoms with van der Waals surface area (Å²) in [4.78, 5) is 0. The molecule has 0 spiro atoms. The summed E-state index contributed by atoms with van der Waals surface area (Å²) >= 11 is 12.0. The molecule has 0 atom stereocenters. The molecule has 3 heteroatoms. The molecule has 0 unspecified atom stereocenters. The second-order valence-corrected chi connectivity index (χ2v) is 5.80. The van der Waals surface area contributed by atoms with Gasteiger partial charge in [-0.3, -0.25) is 0 Å². The molecule has 0 aliphatic heterocycles. The van der Waals surface area contributed by atoms with Gasteiger partial charge in [-0.2, -0.15) is 0 Å². The molecule has 2 rings (SSSR count). The molecule has 0 bridgehead atoms. The van der Waals surface area contributed by atoms with Crippen LogP contribution in [0.15, 0.2) is 18.2 Å². The lowest BCUT2D eigenvalue weighted by molar-refractivity contribution is 0.330. The highest BCUT2D eigenvalue weighted by atomic mass is 35.5. The second kappa shape index (κ2) is 5.97. The first-order valence-corrected chi connectivity index (χ1v) is 7.15. The molecule has 0 saturated heterocycles. The number of nitrogens with one attached hydrogen (secondary N) is 1. The number of halogens is 2. The van der Waals surface area contributed by atoms with Crippen LogP contribution in [0.2, 0.25) is 10.0 Å². The van der Waals surface area contributed by atoms with Gasteiger partial charge in [0.1, 0.15) is 0 Å². The van der Waals surface area contributed by atoms with Crippen molar-refractivity contribution in [3.8, 4) is 0 Å². The highest BCUT2D eigenvalue weighted by molar-refractivity contribution is 6.35. The van der Waals surface area contributed by atoms with E-state index in [1.54, 1.807) is 6.07 Å². The fourth-order valence-electron chi connectivity index (χ4n) is 2.59. The predicted molar refractivity (Wildman–Crippen MR) is 76.1 cm³/mol. The second-order valence-electron chi connectivity index (χ2n) is 4.93. The minimum atomic E-state index is 0.576. The maximum absolute atomic E-state index is 5.99. The highest BCUT2D eigenvalue weighted by Crippen LogP contribution is 2.30. The Morgan fingerprint density at radius 2 is 1.65 bits per heavy atom. The van der Waals surface area contributed by atoms with E-state index in [0.717, 1.165) is 11.6 Å². The largest absolute Gasteiger partial charge is 0.382 e. The third-order valence-electron chi connectivity index (χ3n) is 3.66. The van der Waals surface area contributed by atoms with Gasteiger partial charge in [0.05, 0.1) is 0 Å². The fraction of sp³-hybridized carbons (Fsp3) is 0.571. The summed E-state index contributed by atoms with van der Waals surface area (Å²) in [5, 5.41) is 4.93. The molecule has 1 aromatic rings. The van der Waals surface area contributed by atoms with Crippen LogP contribution in [0, 0.1) is 5.92 Å². The molecular weight excluding hydrogens is 253 g/mol. The Morgan fingerprint density at radius 3 is 2.18 bits per heavy atom. The van der Waals surface area contributed by atoms with Crippen LogP contribution in [0.1, 0.15) is 39.0 Å². The minimum Gasteiger partial charge on any atom is -0.382 e. The van der Waals surface area contributed by atoms with E-state index in [-0.39, 0.29) is 0 Å². The van der Waals surface area contributed by atoms with Crippen LogP contribution in [-0.4, -0.2) is 6.04 Å².